The molecule has 0 aromatic heterocycles. The molecule has 0 saturated heterocycles. The van der Waals surface area contributed by atoms with Crippen molar-refractivity contribution in [2.45, 2.75) is 46.2 Å². The van der Waals surface area contributed by atoms with Crippen molar-refractivity contribution in [1.82, 2.24) is 5.32 Å². The molecular formula is C15H25NO. The maximum absolute atomic E-state index is 9.08. The Kier molecular flexibility index (Phi) is 5.66. The van der Waals surface area contributed by atoms with E-state index >= 15 is 0 Å². The number of aliphatic hydroxyl groups is 1. The van der Waals surface area contributed by atoms with Crippen molar-refractivity contribution >= 4 is 0 Å². The van der Waals surface area contributed by atoms with Crippen LogP contribution in [-0.4, -0.2) is 17.8 Å². The Morgan fingerprint density at radius 3 is 2.35 bits per heavy atom. The molecule has 1 aromatic carbocycles. The molecule has 2 nitrogen and oxygen atoms in total. The number of aliphatic hydroxyl groups excluding tert-OH is 1. The van der Waals surface area contributed by atoms with E-state index in [1.165, 1.54) is 11.1 Å². The fourth-order valence-corrected chi connectivity index (χ4v) is 2.23. The van der Waals surface area contributed by atoms with E-state index in [1.807, 2.05) is 0 Å². The Bertz CT molecular complexity index is 335. The van der Waals surface area contributed by atoms with Crippen molar-refractivity contribution in [3.63, 3.8) is 0 Å². The molecule has 17 heavy (non-hydrogen) atoms. The zero-order valence-corrected chi connectivity index (χ0v) is 11.4. The average molecular weight is 235 g/mol. The number of hydrogen-bond donors (Lipinski definition) is 2. The highest BCUT2D eigenvalue weighted by Gasteiger charge is 2.16. The number of aryl methyl sites for hydroxylation is 1. The Morgan fingerprint density at radius 1 is 1.18 bits per heavy atom. The van der Waals surface area contributed by atoms with E-state index in [0.29, 0.717) is 18.0 Å². The molecule has 0 aliphatic heterocycles. The number of nitrogens with one attached hydrogen (secondary N) is 1. The molecule has 2 N–H and O–H groups in total. The first-order valence-corrected chi connectivity index (χ1v) is 6.48. The molecule has 1 aromatic rings. The van der Waals surface area contributed by atoms with E-state index in [4.69, 9.17) is 5.11 Å². The Morgan fingerprint density at radius 2 is 1.82 bits per heavy atom. The molecule has 0 heterocycles. The Balaban J connectivity index is 2.70. The minimum absolute atomic E-state index is 0.246. The topological polar surface area (TPSA) is 32.3 Å². The van der Waals surface area contributed by atoms with Gasteiger partial charge in [-0.3, -0.25) is 0 Å². The lowest BCUT2D eigenvalue weighted by Crippen LogP contribution is -2.36. The van der Waals surface area contributed by atoms with Gasteiger partial charge in [-0.1, -0.05) is 38.1 Å². The third-order valence-corrected chi connectivity index (χ3v) is 3.36. The van der Waals surface area contributed by atoms with E-state index in [-0.39, 0.29) is 6.61 Å². The minimum Gasteiger partial charge on any atom is -0.396 e. The number of rotatable bonds is 6. The van der Waals surface area contributed by atoms with Crippen molar-refractivity contribution < 1.29 is 5.11 Å². The normalized spacial score (nSPS) is 14.9. The van der Waals surface area contributed by atoms with Crippen molar-refractivity contribution in [2.75, 3.05) is 6.61 Å². The van der Waals surface area contributed by atoms with Crippen LogP contribution in [0, 0.1) is 12.8 Å². The largest absolute Gasteiger partial charge is 0.396 e. The quantitative estimate of drug-likeness (QED) is 0.794. The van der Waals surface area contributed by atoms with Crippen LogP contribution in [0.15, 0.2) is 24.3 Å². The monoisotopic (exact) mass is 235 g/mol. The van der Waals surface area contributed by atoms with Gasteiger partial charge in [0.2, 0.25) is 0 Å². The summed E-state index contributed by atoms with van der Waals surface area (Å²) >= 11 is 0. The van der Waals surface area contributed by atoms with Gasteiger partial charge in [0.15, 0.2) is 0 Å². The number of hydrogen-bond acceptors (Lipinski definition) is 2. The first-order valence-electron chi connectivity index (χ1n) is 6.48. The molecule has 2 unspecified atom stereocenters. The summed E-state index contributed by atoms with van der Waals surface area (Å²) in [5, 5.41) is 12.7. The molecular weight excluding hydrogens is 210 g/mol. The summed E-state index contributed by atoms with van der Waals surface area (Å²) in [5.74, 6) is 0.536. The molecule has 96 valence electrons. The molecule has 0 fully saturated rings. The van der Waals surface area contributed by atoms with Gasteiger partial charge >= 0.3 is 0 Å². The van der Waals surface area contributed by atoms with Crippen molar-refractivity contribution in [1.29, 1.82) is 0 Å². The Hall–Kier alpha value is -0.860. The minimum atomic E-state index is 0.246. The number of benzene rings is 1. The van der Waals surface area contributed by atoms with Crippen LogP contribution in [0.3, 0.4) is 0 Å². The van der Waals surface area contributed by atoms with E-state index in [1.54, 1.807) is 0 Å². The molecule has 0 spiro atoms. The van der Waals surface area contributed by atoms with Gasteiger partial charge in [0, 0.05) is 18.7 Å². The zero-order chi connectivity index (χ0) is 12.8. The summed E-state index contributed by atoms with van der Waals surface area (Å²) in [6.07, 6.45) is 0.813. The molecule has 0 aliphatic carbocycles. The van der Waals surface area contributed by atoms with Gasteiger partial charge in [-0.2, -0.15) is 0 Å². The SMILES string of the molecule is Cc1ccccc1C(C)NC(CCO)C(C)C. The van der Waals surface area contributed by atoms with Crippen LogP contribution in [0.25, 0.3) is 0 Å². The van der Waals surface area contributed by atoms with Crippen LogP contribution in [0.1, 0.15) is 44.4 Å². The van der Waals surface area contributed by atoms with E-state index in [2.05, 4.69) is 57.3 Å². The maximum atomic E-state index is 9.08. The lowest BCUT2D eigenvalue weighted by Gasteiger charge is -2.27. The van der Waals surface area contributed by atoms with Crippen LogP contribution in [0.4, 0.5) is 0 Å². The summed E-state index contributed by atoms with van der Waals surface area (Å²) in [6, 6.07) is 9.16. The molecule has 0 aliphatic rings. The summed E-state index contributed by atoms with van der Waals surface area (Å²) in [5.41, 5.74) is 2.66. The van der Waals surface area contributed by atoms with Gasteiger partial charge in [-0.05, 0) is 37.3 Å². The summed E-state index contributed by atoms with van der Waals surface area (Å²) in [4.78, 5) is 0. The van der Waals surface area contributed by atoms with Gasteiger partial charge in [0.05, 0.1) is 0 Å². The highest BCUT2D eigenvalue weighted by Crippen LogP contribution is 2.19. The van der Waals surface area contributed by atoms with E-state index in [9.17, 15) is 0 Å². The zero-order valence-electron chi connectivity index (χ0n) is 11.4. The highest BCUT2D eigenvalue weighted by molar-refractivity contribution is 5.28. The molecule has 0 radical (unpaired) electrons. The van der Waals surface area contributed by atoms with E-state index < -0.39 is 0 Å². The van der Waals surface area contributed by atoms with Crippen LogP contribution in [-0.2, 0) is 0 Å². The van der Waals surface area contributed by atoms with E-state index in [0.717, 1.165) is 6.42 Å². The molecule has 2 atom stereocenters. The fourth-order valence-electron chi connectivity index (χ4n) is 2.23. The predicted octanol–water partition coefficient (Wildman–Crippen LogP) is 3.05. The lowest BCUT2D eigenvalue weighted by molar-refractivity contribution is 0.237. The van der Waals surface area contributed by atoms with Crippen LogP contribution < -0.4 is 5.32 Å². The van der Waals surface area contributed by atoms with Gasteiger partial charge in [-0.25, -0.2) is 0 Å². The molecule has 1 rings (SSSR count). The first-order chi connectivity index (χ1) is 8.06. The molecule has 0 amide bonds. The van der Waals surface area contributed by atoms with Gasteiger partial charge in [0.1, 0.15) is 0 Å². The van der Waals surface area contributed by atoms with Crippen LogP contribution in [0.2, 0.25) is 0 Å². The van der Waals surface area contributed by atoms with Gasteiger partial charge in [-0.15, -0.1) is 0 Å². The molecule has 0 saturated carbocycles. The van der Waals surface area contributed by atoms with Gasteiger partial charge in [0.25, 0.3) is 0 Å². The Labute approximate surface area is 105 Å². The summed E-state index contributed by atoms with van der Waals surface area (Å²) in [7, 11) is 0. The predicted molar refractivity (Wildman–Crippen MR) is 73.1 cm³/mol. The lowest BCUT2D eigenvalue weighted by atomic mass is 9.97. The van der Waals surface area contributed by atoms with Gasteiger partial charge < -0.3 is 10.4 Å². The summed E-state index contributed by atoms with van der Waals surface area (Å²) in [6.45, 7) is 8.96. The third-order valence-electron chi connectivity index (χ3n) is 3.36. The van der Waals surface area contributed by atoms with Crippen molar-refractivity contribution in [3.05, 3.63) is 35.4 Å². The third kappa shape index (κ3) is 4.14. The fraction of sp³-hybridized carbons (Fsp3) is 0.600. The van der Waals surface area contributed by atoms with Crippen molar-refractivity contribution in [2.24, 2.45) is 5.92 Å². The molecule has 0 bridgehead atoms. The smallest absolute Gasteiger partial charge is 0.0445 e. The van der Waals surface area contributed by atoms with Crippen molar-refractivity contribution in [3.8, 4) is 0 Å². The van der Waals surface area contributed by atoms with Crippen LogP contribution >= 0.6 is 0 Å². The second-order valence-electron chi connectivity index (χ2n) is 5.11. The average Bonchev–Trinajstić information content (AvgIpc) is 2.28. The standard InChI is InChI=1S/C15H25NO/c1-11(2)15(9-10-17)16-13(4)14-8-6-5-7-12(14)3/h5-8,11,13,15-17H,9-10H2,1-4H3. The maximum Gasteiger partial charge on any atom is 0.0445 e. The first kappa shape index (κ1) is 14.2. The second kappa shape index (κ2) is 6.77. The van der Waals surface area contributed by atoms with Crippen LogP contribution in [0.5, 0.6) is 0 Å². The summed E-state index contributed by atoms with van der Waals surface area (Å²) < 4.78 is 0. The second-order valence-corrected chi connectivity index (χ2v) is 5.11. The highest BCUT2D eigenvalue weighted by atomic mass is 16.3. The molecule has 2 heteroatoms.